The van der Waals surface area contributed by atoms with Crippen molar-refractivity contribution in [1.82, 2.24) is 4.72 Å². The van der Waals surface area contributed by atoms with Gasteiger partial charge in [-0.3, -0.25) is 0 Å². The summed E-state index contributed by atoms with van der Waals surface area (Å²) in [6.07, 6.45) is 0. The number of nitrogens with one attached hydrogen (secondary N) is 1. The Balaban J connectivity index is 2.47. The smallest absolute Gasteiger partial charge is 0.212 e. The van der Waals surface area contributed by atoms with E-state index >= 15 is 0 Å². The number of aliphatic hydroxyl groups excluding tert-OH is 1. The fraction of sp³-hybridized carbons (Fsp3) is 0.538. The summed E-state index contributed by atoms with van der Waals surface area (Å²) in [5.74, 6) is 0.501. The maximum atomic E-state index is 11.9. The first-order valence-corrected chi connectivity index (χ1v) is 9.07. The molecule has 0 aromatic heterocycles. The van der Waals surface area contributed by atoms with Gasteiger partial charge in [-0.05, 0) is 24.1 Å². The van der Waals surface area contributed by atoms with E-state index in [1.807, 2.05) is 32.0 Å². The molecular weight excluding hydrogens is 296 g/mol. The molecule has 0 saturated carbocycles. The van der Waals surface area contributed by atoms with Gasteiger partial charge in [0.1, 0.15) is 0 Å². The van der Waals surface area contributed by atoms with E-state index in [1.54, 1.807) is 6.07 Å². The summed E-state index contributed by atoms with van der Waals surface area (Å²) in [5, 5.41) is 9.15. The molecule has 4 N–H and O–H groups in total. The van der Waals surface area contributed by atoms with Gasteiger partial charge in [-0.2, -0.15) is 0 Å². The number of aliphatic hydroxyl groups is 1. The molecule has 1 aromatic rings. The van der Waals surface area contributed by atoms with Crippen molar-refractivity contribution in [2.75, 3.05) is 23.8 Å². The third kappa shape index (κ3) is 6.13. The molecule has 0 saturated heterocycles. The number of nitrogen functional groups attached to an aromatic ring is 1. The Hall–Kier alpha value is -0.760. The molecule has 0 radical (unpaired) electrons. The molecule has 114 valence electrons. The molecule has 0 heterocycles. The van der Waals surface area contributed by atoms with Crippen LogP contribution < -0.4 is 10.5 Å². The Morgan fingerprint density at radius 3 is 2.65 bits per heavy atom. The maximum Gasteiger partial charge on any atom is 0.212 e. The van der Waals surface area contributed by atoms with Crippen LogP contribution in [0.1, 0.15) is 13.8 Å². The fourth-order valence-electron chi connectivity index (χ4n) is 1.55. The Morgan fingerprint density at radius 1 is 1.40 bits per heavy atom. The van der Waals surface area contributed by atoms with Crippen LogP contribution in [0.4, 0.5) is 5.69 Å². The quantitative estimate of drug-likeness (QED) is 0.496. The van der Waals surface area contributed by atoms with E-state index < -0.39 is 16.1 Å². The summed E-state index contributed by atoms with van der Waals surface area (Å²) >= 11 is 1.44. The van der Waals surface area contributed by atoms with Crippen LogP contribution in [-0.2, 0) is 10.0 Å². The number of rotatable bonds is 8. The van der Waals surface area contributed by atoms with Crippen molar-refractivity contribution in [3.8, 4) is 0 Å². The van der Waals surface area contributed by atoms with Crippen LogP contribution in [0.3, 0.4) is 0 Å². The van der Waals surface area contributed by atoms with E-state index in [0.29, 0.717) is 11.4 Å². The molecular formula is C13H22N2O3S2. The Morgan fingerprint density at radius 2 is 2.10 bits per heavy atom. The van der Waals surface area contributed by atoms with Crippen LogP contribution >= 0.6 is 11.8 Å². The highest BCUT2D eigenvalue weighted by Gasteiger charge is 2.19. The lowest BCUT2D eigenvalue weighted by Gasteiger charge is -2.19. The van der Waals surface area contributed by atoms with E-state index in [-0.39, 0.29) is 18.3 Å². The Bertz CT molecular complexity index is 518. The molecule has 1 rings (SSSR count). The van der Waals surface area contributed by atoms with Crippen LogP contribution in [0.25, 0.3) is 0 Å². The van der Waals surface area contributed by atoms with Crippen molar-refractivity contribution < 1.29 is 13.5 Å². The molecule has 20 heavy (non-hydrogen) atoms. The Labute approximate surface area is 125 Å². The number of nitrogens with two attached hydrogens (primary N) is 1. The molecule has 0 amide bonds. The number of hydrogen-bond acceptors (Lipinski definition) is 5. The van der Waals surface area contributed by atoms with Gasteiger partial charge < -0.3 is 10.8 Å². The van der Waals surface area contributed by atoms with Gasteiger partial charge >= 0.3 is 0 Å². The summed E-state index contributed by atoms with van der Waals surface area (Å²) in [6, 6.07) is 6.90. The van der Waals surface area contributed by atoms with Gasteiger partial charge in [-0.25, -0.2) is 13.1 Å². The summed E-state index contributed by atoms with van der Waals surface area (Å²) in [6.45, 7) is 3.54. The maximum absolute atomic E-state index is 11.9. The average molecular weight is 318 g/mol. The van der Waals surface area contributed by atoms with Crippen molar-refractivity contribution in [3.63, 3.8) is 0 Å². The lowest BCUT2D eigenvalue weighted by Crippen LogP contribution is -2.42. The second kappa shape index (κ2) is 7.87. The normalized spacial score (nSPS) is 13.6. The Kier molecular flexibility index (Phi) is 6.81. The van der Waals surface area contributed by atoms with E-state index in [2.05, 4.69) is 4.72 Å². The molecule has 1 atom stereocenters. The van der Waals surface area contributed by atoms with Crippen LogP contribution in [0.5, 0.6) is 0 Å². The first-order chi connectivity index (χ1) is 9.34. The van der Waals surface area contributed by atoms with Gasteiger partial charge in [0.15, 0.2) is 0 Å². The van der Waals surface area contributed by atoms with Gasteiger partial charge in [-0.15, -0.1) is 11.8 Å². The minimum Gasteiger partial charge on any atom is -0.399 e. The monoisotopic (exact) mass is 318 g/mol. The van der Waals surface area contributed by atoms with E-state index in [0.717, 1.165) is 4.90 Å². The van der Waals surface area contributed by atoms with Gasteiger partial charge in [0.05, 0.1) is 12.4 Å². The number of sulfonamides is 1. The van der Waals surface area contributed by atoms with Crippen molar-refractivity contribution >= 4 is 27.5 Å². The summed E-state index contributed by atoms with van der Waals surface area (Å²) < 4.78 is 26.3. The van der Waals surface area contributed by atoms with Crippen LogP contribution in [0.15, 0.2) is 29.2 Å². The molecule has 0 bridgehead atoms. The van der Waals surface area contributed by atoms with E-state index in [1.165, 1.54) is 11.8 Å². The number of thioether (sulfide) groups is 1. The largest absolute Gasteiger partial charge is 0.399 e. The van der Waals surface area contributed by atoms with Crippen LogP contribution in [0, 0.1) is 5.92 Å². The zero-order chi connectivity index (χ0) is 15.2. The third-order valence-corrected chi connectivity index (χ3v) is 5.47. The highest BCUT2D eigenvalue weighted by atomic mass is 32.2. The highest BCUT2D eigenvalue weighted by molar-refractivity contribution is 8.00. The molecule has 7 heteroatoms. The molecule has 0 spiro atoms. The average Bonchev–Trinajstić information content (AvgIpc) is 2.35. The minimum absolute atomic E-state index is 0.00961. The second-order valence-corrected chi connectivity index (χ2v) is 7.93. The second-order valence-electron chi connectivity index (χ2n) is 4.89. The van der Waals surface area contributed by atoms with Crippen molar-refractivity contribution in [2.24, 2.45) is 5.92 Å². The molecule has 1 unspecified atom stereocenters. The van der Waals surface area contributed by atoms with Crippen molar-refractivity contribution in [1.29, 1.82) is 0 Å². The standard InChI is InChI=1S/C13H22N2O3S2/c1-10(2)13(9-16)15-20(17,18)7-6-19-12-5-3-4-11(14)8-12/h3-5,8,10,13,15-16H,6-7,9,14H2,1-2H3. The minimum atomic E-state index is -3.38. The van der Waals surface area contributed by atoms with E-state index in [4.69, 9.17) is 10.8 Å². The lowest BCUT2D eigenvalue weighted by molar-refractivity contribution is 0.228. The molecule has 0 fully saturated rings. The molecule has 0 aliphatic rings. The summed E-state index contributed by atoms with van der Waals surface area (Å²) in [4.78, 5) is 0.947. The third-order valence-electron chi connectivity index (χ3n) is 2.81. The van der Waals surface area contributed by atoms with Gasteiger partial charge in [0, 0.05) is 22.4 Å². The van der Waals surface area contributed by atoms with Crippen molar-refractivity contribution in [3.05, 3.63) is 24.3 Å². The van der Waals surface area contributed by atoms with Crippen LogP contribution in [-0.4, -0.2) is 37.7 Å². The lowest BCUT2D eigenvalue weighted by atomic mass is 10.1. The number of anilines is 1. The number of hydrogen-bond donors (Lipinski definition) is 3. The summed E-state index contributed by atoms with van der Waals surface area (Å²) in [7, 11) is -3.38. The number of benzene rings is 1. The molecule has 1 aromatic carbocycles. The van der Waals surface area contributed by atoms with Gasteiger partial charge in [0.25, 0.3) is 0 Å². The highest BCUT2D eigenvalue weighted by Crippen LogP contribution is 2.20. The van der Waals surface area contributed by atoms with Crippen LogP contribution in [0.2, 0.25) is 0 Å². The topological polar surface area (TPSA) is 92.4 Å². The van der Waals surface area contributed by atoms with Gasteiger partial charge in [0.2, 0.25) is 10.0 Å². The predicted molar refractivity (Wildman–Crippen MR) is 84.2 cm³/mol. The zero-order valence-electron chi connectivity index (χ0n) is 11.7. The van der Waals surface area contributed by atoms with E-state index in [9.17, 15) is 8.42 Å². The summed E-state index contributed by atoms with van der Waals surface area (Å²) in [5.41, 5.74) is 6.32. The van der Waals surface area contributed by atoms with Crippen molar-refractivity contribution in [2.45, 2.75) is 24.8 Å². The predicted octanol–water partition coefficient (Wildman–Crippen LogP) is 1.30. The first-order valence-electron chi connectivity index (χ1n) is 6.43. The molecule has 0 aliphatic heterocycles. The first kappa shape index (κ1) is 17.3. The zero-order valence-corrected chi connectivity index (χ0v) is 13.4. The van der Waals surface area contributed by atoms with Gasteiger partial charge in [-0.1, -0.05) is 19.9 Å². The molecule has 0 aliphatic carbocycles. The fourth-order valence-corrected chi connectivity index (χ4v) is 4.31. The molecule has 5 nitrogen and oxygen atoms in total. The SMILES string of the molecule is CC(C)C(CO)NS(=O)(=O)CCSc1cccc(N)c1.